The molecule has 3 aromatic rings. The lowest BCUT2D eigenvalue weighted by Crippen LogP contribution is -2.39. The van der Waals surface area contributed by atoms with Gasteiger partial charge in [0, 0.05) is 0 Å². The van der Waals surface area contributed by atoms with E-state index in [0.717, 1.165) is 25.7 Å². The number of carbonyl (C=O) groups is 1. The Labute approximate surface area is 274 Å². The van der Waals surface area contributed by atoms with Crippen molar-refractivity contribution in [2.45, 2.75) is 84.8 Å². The molecule has 2 aromatic heterocycles. The zero-order valence-corrected chi connectivity index (χ0v) is 28.3. The number of nitrogens with two attached hydrogens (primary N) is 1. The van der Waals surface area contributed by atoms with Crippen molar-refractivity contribution in [1.29, 1.82) is 5.26 Å². The van der Waals surface area contributed by atoms with Gasteiger partial charge in [-0.05, 0) is 51.7 Å². The zero-order valence-electron chi connectivity index (χ0n) is 27.4. The van der Waals surface area contributed by atoms with E-state index in [-0.39, 0.29) is 35.7 Å². The Bertz CT molecular complexity index is 1580. The number of aromatic nitrogens is 4. The number of benzene rings is 1. The van der Waals surface area contributed by atoms with E-state index in [4.69, 9.17) is 29.0 Å². The highest BCUT2D eigenvalue weighted by Crippen LogP contribution is 2.49. The van der Waals surface area contributed by atoms with Crippen LogP contribution in [0, 0.1) is 22.7 Å². The van der Waals surface area contributed by atoms with Crippen LogP contribution in [0.15, 0.2) is 36.7 Å². The molecule has 0 spiro atoms. The Morgan fingerprint density at radius 2 is 1.94 bits per heavy atom. The van der Waals surface area contributed by atoms with E-state index in [9.17, 15) is 19.7 Å². The van der Waals surface area contributed by atoms with Gasteiger partial charge in [-0.25, -0.2) is 9.55 Å². The third-order valence-corrected chi connectivity index (χ3v) is 9.55. The van der Waals surface area contributed by atoms with E-state index in [1.54, 1.807) is 37.3 Å². The summed E-state index contributed by atoms with van der Waals surface area (Å²) in [5.74, 6) is -0.0839. The Balaban J connectivity index is 1.54. The van der Waals surface area contributed by atoms with Crippen LogP contribution in [0.3, 0.4) is 0 Å². The lowest BCUT2D eigenvalue weighted by atomic mass is 9.84. The van der Waals surface area contributed by atoms with Crippen LogP contribution >= 0.6 is 7.75 Å². The number of nitrogens with one attached hydrogen (secondary N) is 1. The monoisotopic (exact) mass is 673 g/mol. The summed E-state index contributed by atoms with van der Waals surface area (Å²) in [4.78, 5) is 25.6. The Hall–Kier alpha value is -3.80. The number of anilines is 1. The molecular formula is C31H44N7O8P. The summed E-state index contributed by atoms with van der Waals surface area (Å²) >= 11 is 0. The van der Waals surface area contributed by atoms with Crippen LogP contribution in [0.25, 0.3) is 11.2 Å². The standard InChI is InChI=1S/C31H44N7O8P/c1-6-12-21(13-7-2)16-43-28(40)20(4)37-47(41,46-22-14-10-9-11-15-22)44-17-23-25(39)31(5,18-32)29(45-23)38-19-34-24-26(38)35-30(33)36-27(24)42-8-3/h9-11,14-15,19-21,23,25,29,39H,6-8,12-13,16-17H2,1-5H3,(H,37,41)(H2,33,35,36). The minimum Gasteiger partial charge on any atom is -0.476 e. The average Bonchev–Trinajstić information content (AvgIpc) is 3.57. The maximum Gasteiger partial charge on any atom is 0.459 e. The van der Waals surface area contributed by atoms with Crippen LogP contribution in [0.4, 0.5) is 5.95 Å². The molecule has 3 heterocycles. The quantitative estimate of drug-likeness (QED) is 0.133. The molecule has 47 heavy (non-hydrogen) atoms. The van der Waals surface area contributed by atoms with Crippen molar-refractivity contribution in [2.24, 2.45) is 11.3 Å². The lowest BCUT2D eigenvalue weighted by Gasteiger charge is -2.26. The first kappa shape index (κ1) is 36.0. The number of carbonyl (C=O) groups excluding carboxylic acids is 1. The minimum absolute atomic E-state index is 0.0799. The largest absolute Gasteiger partial charge is 0.476 e. The molecule has 0 radical (unpaired) electrons. The first-order valence-corrected chi connectivity index (χ1v) is 17.3. The molecule has 4 rings (SSSR count). The molecule has 0 bridgehead atoms. The highest BCUT2D eigenvalue weighted by molar-refractivity contribution is 7.52. The summed E-state index contributed by atoms with van der Waals surface area (Å²) in [7, 11) is -4.29. The molecule has 1 saturated heterocycles. The van der Waals surface area contributed by atoms with E-state index in [1.165, 1.54) is 24.7 Å². The van der Waals surface area contributed by atoms with Gasteiger partial charge in [-0.3, -0.25) is 13.9 Å². The zero-order chi connectivity index (χ0) is 34.2. The SMILES string of the molecule is CCCC(CCC)COC(=O)C(C)NP(=O)(OCC1OC(n2cnc3c(OCC)nc(N)nc32)C(C)(C#N)C1O)Oc1ccccc1. The number of aliphatic hydroxyl groups is 1. The van der Waals surface area contributed by atoms with E-state index >= 15 is 0 Å². The number of hydrogen-bond acceptors (Lipinski definition) is 13. The highest BCUT2D eigenvalue weighted by atomic mass is 31.2. The fraction of sp³-hybridized carbons (Fsp3) is 0.581. The van der Waals surface area contributed by atoms with Gasteiger partial charge in [0.1, 0.15) is 29.4 Å². The lowest BCUT2D eigenvalue weighted by molar-refractivity contribution is -0.146. The summed E-state index contributed by atoms with van der Waals surface area (Å²) in [5.41, 5.74) is 4.90. The molecule has 15 nitrogen and oxygen atoms in total. The topological polar surface area (TPSA) is 206 Å². The number of aliphatic hydroxyl groups excluding tert-OH is 1. The van der Waals surface area contributed by atoms with Crippen molar-refractivity contribution in [2.75, 3.05) is 25.6 Å². The first-order valence-electron chi connectivity index (χ1n) is 15.8. The Morgan fingerprint density at radius 1 is 1.23 bits per heavy atom. The van der Waals surface area contributed by atoms with Crippen molar-refractivity contribution in [3.63, 3.8) is 0 Å². The molecular weight excluding hydrogens is 629 g/mol. The highest BCUT2D eigenvalue weighted by Gasteiger charge is 2.56. The second-order valence-corrected chi connectivity index (χ2v) is 13.3. The van der Waals surface area contributed by atoms with Crippen LogP contribution in [-0.2, 0) is 23.4 Å². The van der Waals surface area contributed by atoms with Gasteiger partial charge in [0.05, 0.1) is 32.2 Å². The predicted molar refractivity (Wildman–Crippen MR) is 172 cm³/mol. The number of esters is 1. The van der Waals surface area contributed by atoms with Crippen LogP contribution in [0.5, 0.6) is 11.6 Å². The average molecular weight is 674 g/mol. The van der Waals surface area contributed by atoms with Crippen molar-refractivity contribution in [1.82, 2.24) is 24.6 Å². The van der Waals surface area contributed by atoms with E-state index < -0.39 is 50.2 Å². The molecule has 16 heteroatoms. The van der Waals surface area contributed by atoms with Crippen molar-refractivity contribution < 1.29 is 37.7 Å². The Kier molecular flexibility index (Phi) is 12.2. The second-order valence-electron chi connectivity index (χ2n) is 11.6. The normalized spacial score (nSPS) is 22.9. The molecule has 6 unspecified atom stereocenters. The second kappa shape index (κ2) is 15.9. The summed E-state index contributed by atoms with van der Waals surface area (Å²) in [5, 5.41) is 24.2. The Morgan fingerprint density at radius 3 is 2.57 bits per heavy atom. The summed E-state index contributed by atoms with van der Waals surface area (Å²) < 4.78 is 44.4. The van der Waals surface area contributed by atoms with Crippen molar-refractivity contribution >= 4 is 30.8 Å². The van der Waals surface area contributed by atoms with E-state index in [2.05, 4.69) is 40.0 Å². The van der Waals surface area contributed by atoms with Gasteiger partial charge in [0.15, 0.2) is 17.4 Å². The fourth-order valence-corrected chi connectivity index (χ4v) is 6.96. The number of nitriles is 1. The van der Waals surface area contributed by atoms with Gasteiger partial charge in [-0.2, -0.15) is 20.3 Å². The molecule has 1 fully saturated rings. The molecule has 0 amide bonds. The molecule has 0 saturated carbocycles. The van der Waals surface area contributed by atoms with Gasteiger partial charge in [-0.1, -0.05) is 44.9 Å². The van der Waals surface area contributed by atoms with Crippen LogP contribution in [0.2, 0.25) is 0 Å². The van der Waals surface area contributed by atoms with E-state index in [1.807, 2.05) is 0 Å². The summed E-state index contributed by atoms with van der Waals surface area (Å²) in [6.45, 7) is 9.04. The fourth-order valence-electron chi connectivity index (χ4n) is 5.46. The minimum atomic E-state index is -4.29. The molecule has 0 aliphatic carbocycles. The smallest absolute Gasteiger partial charge is 0.459 e. The predicted octanol–water partition coefficient (Wildman–Crippen LogP) is 4.54. The van der Waals surface area contributed by atoms with Crippen LogP contribution < -0.4 is 20.1 Å². The molecule has 1 aliphatic rings. The summed E-state index contributed by atoms with van der Waals surface area (Å²) in [6.07, 6.45) is 1.50. The van der Waals surface area contributed by atoms with E-state index in [0.29, 0.717) is 12.1 Å². The van der Waals surface area contributed by atoms with Crippen molar-refractivity contribution in [3.05, 3.63) is 36.7 Å². The number of ether oxygens (including phenoxy) is 3. The van der Waals surface area contributed by atoms with Gasteiger partial charge >= 0.3 is 13.7 Å². The maximum absolute atomic E-state index is 14.1. The van der Waals surface area contributed by atoms with Crippen LogP contribution in [0.1, 0.15) is 66.5 Å². The van der Waals surface area contributed by atoms with Gasteiger partial charge in [0.2, 0.25) is 11.8 Å². The van der Waals surface area contributed by atoms with Crippen LogP contribution in [-0.4, -0.2) is 68.7 Å². The number of imidazole rings is 1. The number of nitrogens with zero attached hydrogens (tertiary/aromatic N) is 5. The van der Waals surface area contributed by atoms with Crippen molar-refractivity contribution in [3.8, 4) is 17.7 Å². The molecule has 1 aliphatic heterocycles. The number of para-hydroxylation sites is 1. The molecule has 1 aromatic carbocycles. The molecule has 4 N–H and O–H groups in total. The van der Waals surface area contributed by atoms with Gasteiger partial charge in [0.25, 0.3) is 0 Å². The van der Waals surface area contributed by atoms with Gasteiger partial charge < -0.3 is 29.6 Å². The number of rotatable bonds is 17. The third kappa shape index (κ3) is 8.38. The van der Waals surface area contributed by atoms with Gasteiger partial charge in [-0.15, -0.1) is 0 Å². The number of hydrogen-bond donors (Lipinski definition) is 3. The first-order chi connectivity index (χ1) is 22.5. The summed E-state index contributed by atoms with van der Waals surface area (Å²) in [6, 6.07) is 9.38. The number of fused-ring (bicyclic) bond motifs is 1. The molecule has 6 atom stereocenters. The third-order valence-electron chi connectivity index (χ3n) is 7.90. The maximum atomic E-state index is 14.1. The molecule has 256 valence electrons. The number of nitrogen functional groups attached to an aromatic ring is 1.